The molecule has 148 valence electrons. The van der Waals surface area contributed by atoms with E-state index in [1.54, 1.807) is 30.3 Å². The molecule has 0 saturated heterocycles. The summed E-state index contributed by atoms with van der Waals surface area (Å²) in [7, 11) is 0. The molecule has 8 nitrogen and oxygen atoms in total. The van der Waals surface area contributed by atoms with Crippen molar-refractivity contribution in [3.63, 3.8) is 0 Å². The summed E-state index contributed by atoms with van der Waals surface area (Å²) in [4.78, 5) is 24.4. The molecule has 1 aromatic heterocycles. The van der Waals surface area contributed by atoms with Gasteiger partial charge >= 0.3 is 0 Å². The van der Waals surface area contributed by atoms with Gasteiger partial charge in [-0.25, -0.2) is 0 Å². The minimum absolute atomic E-state index is 0.146. The SMILES string of the molecule is O=C(CSc1nnc(NC(=O)c2ccc3c(c2)OCO3)s1)Nc1ccc(Br)cc1. The molecule has 3 aromatic rings. The topological polar surface area (TPSA) is 102 Å². The zero-order valence-electron chi connectivity index (χ0n) is 14.7. The van der Waals surface area contributed by atoms with Crippen molar-refractivity contribution < 1.29 is 19.1 Å². The normalized spacial score (nSPS) is 11.9. The van der Waals surface area contributed by atoms with Crippen molar-refractivity contribution in [2.45, 2.75) is 4.34 Å². The summed E-state index contributed by atoms with van der Waals surface area (Å²) in [6, 6.07) is 12.3. The molecule has 11 heteroatoms. The Morgan fingerprint density at radius 1 is 1.07 bits per heavy atom. The Kier molecular flexibility index (Phi) is 5.97. The molecule has 0 fully saturated rings. The minimum Gasteiger partial charge on any atom is -0.454 e. The standard InChI is InChI=1S/C18H13BrN4O4S2/c19-11-2-4-12(5-3-11)20-15(24)8-28-18-23-22-17(29-18)21-16(25)10-1-6-13-14(7-10)27-9-26-13/h1-7H,8-9H2,(H,20,24)(H,21,22,25). The first-order chi connectivity index (χ1) is 14.1. The molecule has 0 unspecified atom stereocenters. The number of rotatable bonds is 6. The van der Waals surface area contributed by atoms with Crippen LogP contribution in [0.2, 0.25) is 0 Å². The van der Waals surface area contributed by atoms with Gasteiger partial charge in [-0.2, -0.15) is 0 Å². The predicted molar refractivity (Wildman–Crippen MR) is 114 cm³/mol. The average Bonchev–Trinajstić information content (AvgIpc) is 3.36. The quantitative estimate of drug-likeness (QED) is 0.395. The van der Waals surface area contributed by atoms with Gasteiger partial charge in [0.25, 0.3) is 5.91 Å². The zero-order chi connectivity index (χ0) is 20.2. The first-order valence-corrected chi connectivity index (χ1v) is 10.9. The van der Waals surface area contributed by atoms with Gasteiger partial charge in [-0.1, -0.05) is 39.0 Å². The number of hydrogen-bond acceptors (Lipinski definition) is 8. The summed E-state index contributed by atoms with van der Waals surface area (Å²) in [5.41, 5.74) is 1.14. The Labute approximate surface area is 182 Å². The van der Waals surface area contributed by atoms with Gasteiger partial charge in [0.1, 0.15) is 0 Å². The van der Waals surface area contributed by atoms with Gasteiger partial charge in [0.15, 0.2) is 15.8 Å². The van der Waals surface area contributed by atoms with Crippen LogP contribution >= 0.6 is 39.0 Å². The lowest BCUT2D eigenvalue weighted by Crippen LogP contribution is -2.13. The highest BCUT2D eigenvalue weighted by Gasteiger charge is 2.17. The molecule has 2 N–H and O–H groups in total. The van der Waals surface area contributed by atoms with E-state index in [2.05, 4.69) is 36.8 Å². The Hall–Kier alpha value is -2.63. The first kappa shape index (κ1) is 19.7. The average molecular weight is 493 g/mol. The number of anilines is 2. The highest BCUT2D eigenvalue weighted by molar-refractivity contribution is 9.10. The fraction of sp³-hybridized carbons (Fsp3) is 0.111. The van der Waals surface area contributed by atoms with Gasteiger partial charge in [0.05, 0.1) is 5.75 Å². The Bertz CT molecular complexity index is 1060. The van der Waals surface area contributed by atoms with Crippen LogP contribution in [0.15, 0.2) is 51.3 Å². The molecule has 1 aliphatic heterocycles. The van der Waals surface area contributed by atoms with E-state index < -0.39 is 0 Å². The fourth-order valence-electron chi connectivity index (χ4n) is 2.38. The smallest absolute Gasteiger partial charge is 0.257 e. The second-order valence-corrected chi connectivity index (χ2v) is 8.85. The van der Waals surface area contributed by atoms with E-state index in [1.165, 1.54) is 23.1 Å². The summed E-state index contributed by atoms with van der Waals surface area (Å²) in [6.45, 7) is 0.146. The van der Waals surface area contributed by atoms with Crippen molar-refractivity contribution in [3.8, 4) is 11.5 Å². The van der Waals surface area contributed by atoms with E-state index in [4.69, 9.17) is 9.47 Å². The van der Waals surface area contributed by atoms with Crippen LogP contribution in [0.25, 0.3) is 0 Å². The third kappa shape index (κ3) is 5.05. The Morgan fingerprint density at radius 3 is 2.69 bits per heavy atom. The highest BCUT2D eigenvalue weighted by Crippen LogP contribution is 2.33. The van der Waals surface area contributed by atoms with Crippen LogP contribution in [0.5, 0.6) is 11.5 Å². The molecule has 0 aliphatic carbocycles. The molecule has 2 aromatic carbocycles. The van der Waals surface area contributed by atoms with Crippen LogP contribution in [0.3, 0.4) is 0 Å². The number of benzene rings is 2. The maximum atomic E-state index is 12.4. The molecule has 0 spiro atoms. The molecule has 0 radical (unpaired) electrons. The lowest BCUT2D eigenvalue weighted by Gasteiger charge is -2.04. The number of fused-ring (bicyclic) bond motifs is 1. The van der Waals surface area contributed by atoms with Crippen molar-refractivity contribution >= 4 is 61.7 Å². The number of carbonyl (C=O) groups is 2. The Morgan fingerprint density at radius 2 is 1.86 bits per heavy atom. The van der Waals surface area contributed by atoms with Crippen LogP contribution in [0.1, 0.15) is 10.4 Å². The number of nitrogens with zero attached hydrogens (tertiary/aromatic N) is 2. The zero-order valence-corrected chi connectivity index (χ0v) is 17.9. The second kappa shape index (κ2) is 8.80. The molecule has 2 heterocycles. The van der Waals surface area contributed by atoms with E-state index >= 15 is 0 Å². The fourth-order valence-corrected chi connectivity index (χ4v) is 4.19. The lowest BCUT2D eigenvalue weighted by molar-refractivity contribution is -0.113. The van der Waals surface area contributed by atoms with Gasteiger partial charge < -0.3 is 14.8 Å². The van der Waals surface area contributed by atoms with Crippen LogP contribution in [0, 0.1) is 0 Å². The van der Waals surface area contributed by atoms with Crippen molar-refractivity contribution in [3.05, 3.63) is 52.5 Å². The summed E-state index contributed by atoms with van der Waals surface area (Å²) in [5.74, 6) is 0.837. The summed E-state index contributed by atoms with van der Waals surface area (Å²) < 4.78 is 12.0. The number of carbonyl (C=O) groups excluding carboxylic acids is 2. The molecule has 29 heavy (non-hydrogen) atoms. The van der Waals surface area contributed by atoms with Gasteiger partial charge in [-0.15, -0.1) is 10.2 Å². The van der Waals surface area contributed by atoms with Crippen LogP contribution < -0.4 is 20.1 Å². The third-order valence-electron chi connectivity index (χ3n) is 3.72. The van der Waals surface area contributed by atoms with Crippen molar-refractivity contribution in [2.24, 2.45) is 0 Å². The number of thioether (sulfide) groups is 1. The number of amides is 2. The van der Waals surface area contributed by atoms with E-state index in [0.717, 1.165) is 4.47 Å². The molecular formula is C18H13BrN4O4S2. The number of aromatic nitrogens is 2. The summed E-state index contributed by atoms with van der Waals surface area (Å²) in [6.07, 6.45) is 0. The largest absolute Gasteiger partial charge is 0.454 e. The second-order valence-electron chi connectivity index (χ2n) is 5.74. The van der Waals surface area contributed by atoms with Gasteiger partial charge in [0, 0.05) is 15.7 Å². The molecule has 0 saturated carbocycles. The molecule has 2 amide bonds. The molecular weight excluding hydrogens is 480 g/mol. The van der Waals surface area contributed by atoms with Crippen LogP contribution in [0.4, 0.5) is 10.8 Å². The number of hydrogen-bond donors (Lipinski definition) is 2. The van der Waals surface area contributed by atoms with Crippen LogP contribution in [-0.4, -0.2) is 34.6 Å². The number of ether oxygens (including phenoxy) is 2. The Balaban J connectivity index is 1.29. The maximum Gasteiger partial charge on any atom is 0.257 e. The summed E-state index contributed by atoms with van der Waals surface area (Å²) in [5, 5.41) is 13.8. The predicted octanol–water partition coefficient (Wildman–Crippen LogP) is 4.01. The van der Waals surface area contributed by atoms with Crippen molar-refractivity contribution in [1.82, 2.24) is 10.2 Å². The van der Waals surface area contributed by atoms with Crippen LogP contribution in [-0.2, 0) is 4.79 Å². The molecule has 0 bridgehead atoms. The van der Waals surface area contributed by atoms with E-state index in [-0.39, 0.29) is 24.4 Å². The van der Waals surface area contributed by atoms with Crippen molar-refractivity contribution in [1.29, 1.82) is 0 Å². The molecule has 4 rings (SSSR count). The van der Waals surface area contributed by atoms with Gasteiger partial charge in [-0.05, 0) is 42.5 Å². The van der Waals surface area contributed by atoms with E-state index in [9.17, 15) is 9.59 Å². The minimum atomic E-state index is -0.330. The van der Waals surface area contributed by atoms with Gasteiger partial charge in [0.2, 0.25) is 17.8 Å². The van der Waals surface area contributed by atoms with E-state index in [1.807, 2.05) is 12.1 Å². The monoisotopic (exact) mass is 492 g/mol. The first-order valence-electron chi connectivity index (χ1n) is 8.29. The molecule has 1 aliphatic rings. The molecule has 0 atom stereocenters. The highest BCUT2D eigenvalue weighted by atomic mass is 79.9. The van der Waals surface area contributed by atoms with Crippen molar-refractivity contribution in [2.75, 3.05) is 23.2 Å². The maximum absolute atomic E-state index is 12.4. The number of nitrogens with one attached hydrogen (secondary N) is 2. The van der Waals surface area contributed by atoms with Gasteiger partial charge in [-0.3, -0.25) is 14.9 Å². The van der Waals surface area contributed by atoms with E-state index in [0.29, 0.717) is 32.2 Å². The summed E-state index contributed by atoms with van der Waals surface area (Å²) >= 11 is 5.79. The third-order valence-corrected chi connectivity index (χ3v) is 6.22. The lowest BCUT2D eigenvalue weighted by atomic mass is 10.2. The number of halogens is 1.